The Morgan fingerprint density at radius 1 is 1.29 bits per heavy atom. The lowest BCUT2D eigenvalue weighted by Crippen LogP contribution is -1.97. The van der Waals surface area contributed by atoms with Crippen LogP contribution in [-0.4, -0.2) is 4.98 Å². The van der Waals surface area contributed by atoms with Crippen molar-refractivity contribution < 1.29 is 0 Å². The second kappa shape index (κ2) is 6.18. The Balaban J connectivity index is 2.57. The van der Waals surface area contributed by atoms with Gasteiger partial charge in [0.15, 0.2) is 0 Å². The van der Waals surface area contributed by atoms with Crippen LogP contribution >= 0.6 is 11.3 Å². The summed E-state index contributed by atoms with van der Waals surface area (Å²) in [4.78, 5) is 5.85. The molecule has 1 heterocycles. The van der Waals surface area contributed by atoms with Gasteiger partial charge >= 0.3 is 0 Å². The van der Waals surface area contributed by atoms with Gasteiger partial charge in [0.2, 0.25) is 0 Å². The van der Waals surface area contributed by atoms with Crippen LogP contribution in [0.25, 0.3) is 0 Å². The molecular weight excluding hydrogens is 190 g/mol. The van der Waals surface area contributed by atoms with Gasteiger partial charge in [0, 0.05) is 17.0 Å². The van der Waals surface area contributed by atoms with Crippen LogP contribution in [0.5, 0.6) is 0 Å². The van der Waals surface area contributed by atoms with Gasteiger partial charge in [-0.1, -0.05) is 33.1 Å². The maximum Gasteiger partial charge on any atom is 0.0958 e. The Labute approximate surface area is 91.6 Å². The molecule has 0 bridgehead atoms. The summed E-state index contributed by atoms with van der Waals surface area (Å²) in [7, 11) is 0. The van der Waals surface area contributed by atoms with E-state index in [-0.39, 0.29) is 0 Å². The van der Waals surface area contributed by atoms with Gasteiger partial charge in [-0.05, 0) is 19.8 Å². The summed E-state index contributed by atoms with van der Waals surface area (Å²) in [5, 5.41) is 1.36. The molecule has 14 heavy (non-hydrogen) atoms. The monoisotopic (exact) mass is 211 g/mol. The molecule has 0 amide bonds. The van der Waals surface area contributed by atoms with E-state index in [2.05, 4.69) is 25.8 Å². The van der Waals surface area contributed by atoms with E-state index in [1.165, 1.54) is 42.0 Å². The van der Waals surface area contributed by atoms with Gasteiger partial charge in [-0.2, -0.15) is 0 Å². The number of nitrogens with zero attached hydrogens (tertiary/aromatic N) is 1. The van der Waals surface area contributed by atoms with Crippen molar-refractivity contribution in [3.8, 4) is 0 Å². The zero-order chi connectivity index (χ0) is 10.4. The van der Waals surface area contributed by atoms with Gasteiger partial charge < -0.3 is 0 Å². The summed E-state index contributed by atoms with van der Waals surface area (Å²) in [6.45, 7) is 6.67. The van der Waals surface area contributed by atoms with Gasteiger partial charge in [0.1, 0.15) is 0 Å². The number of aromatic nitrogens is 1. The first-order chi connectivity index (χ1) is 6.77. The highest BCUT2D eigenvalue weighted by Gasteiger charge is 2.13. The maximum absolute atomic E-state index is 4.51. The van der Waals surface area contributed by atoms with Crippen LogP contribution in [0.1, 0.15) is 61.8 Å². The van der Waals surface area contributed by atoms with Crippen molar-refractivity contribution in [1.29, 1.82) is 0 Å². The first-order valence-electron chi connectivity index (χ1n) is 5.70. The maximum atomic E-state index is 4.51. The lowest BCUT2D eigenvalue weighted by Gasteiger charge is -2.12. The Bertz CT molecular complexity index is 255. The standard InChI is InChI=1S/C12H21NS/c1-4-6-8-11(7-5-2)12-13-9-10(3)14-12/h9,11H,4-8H2,1-3H3. The number of hydrogen-bond acceptors (Lipinski definition) is 2. The molecule has 0 spiro atoms. The molecule has 0 aliphatic rings. The molecule has 1 aromatic heterocycles. The first kappa shape index (κ1) is 11.7. The Hall–Kier alpha value is -0.370. The summed E-state index contributed by atoms with van der Waals surface area (Å²) in [5.41, 5.74) is 0. The Morgan fingerprint density at radius 2 is 2.07 bits per heavy atom. The van der Waals surface area contributed by atoms with E-state index in [1.807, 2.05) is 17.5 Å². The average Bonchev–Trinajstić information content (AvgIpc) is 2.59. The topological polar surface area (TPSA) is 12.9 Å². The molecule has 0 N–H and O–H groups in total. The highest BCUT2D eigenvalue weighted by Crippen LogP contribution is 2.29. The van der Waals surface area contributed by atoms with E-state index in [4.69, 9.17) is 0 Å². The van der Waals surface area contributed by atoms with Crippen LogP contribution in [0.2, 0.25) is 0 Å². The van der Waals surface area contributed by atoms with E-state index < -0.39 is 0 Å². The summed E-state index contributed by atoms with van der Waals surface area (Å²) >= 11 is 1.88. The molecule has 1 nitrogen and oxygen atoms in total. The molecule has 0 aromatic carbocycles. The van der Waals surface area contributed by atoms with Crippen molar-refractivity contribution in [3.63, 3.8) is 0 Å². The third-order valence-electron chi connectivity index (χ3n) is 2.53. The van der Waals surface area contributed by atoms with Gasteiger partial charge in [-0.25, -0.2) is 4.98 Å². The van der Waals surface area contributed by atoms with E-state index in [1.54, 1.807) is 0 Å². The molecule has 0 aliphatic heterocycles. The molecule has 80 valence electrons. The second-order valence-corrected chi connectivity index (χ2v) is 5.20. The Kier molecular flexibility index (Phi) is 5.16. The number of rotatable bonds is 6. The van der Waals surface area contributed by atoms with Gasteiger partial charge in [0.05, 0.1) is 5.01 Å². The third-order valence-corrected chi connectivity index (χ3v) is 3.61. The summed E-state index contributed by atoms with van der Waals surface area (Å²) in [6.07, 6.45) is 8.53. The molecule has 1 atom stereocenters. The molecule has 1 rings (SSSR count). The highest BCUT2D eigenvalue weighted by molar-refractivity contribution is 7.11. The predicted molar refractivity (Wildman–Crippen MR) is 64.0 cm³/mol. The second-order valence-electron chi connectivity index (χ2n) is 3.94. The minimum atomic E-state index is 0.721. The first-order valence-corrected chi connectivity index (χ1v) is 6.51. The van der Waals surface area contributed by atoms with Crippen molar-refractivity contribution in [2.75, 3.05) is 0 Å². The van der Waals surface area contributed by atoms with Crippen molar-refractivity contribution in [3.05, 3.63) is 16.1 Å². The molecule has 0 fully saturated rings. The van der Waals surface area contributed by atoms with Crippen LogP contribution in [0.3, 0.4) is 0 Å². The number of hydrogen-bond donors (Lipinski definition) is 0. The molecule has 0 saturated carbocycles. The summed E-state index contributed by atoms with van der Waals surface area (Å²) in [5.74, 6) is 0.721. The molecule has 1 aromatic rings. The third kappa shape index (κ3) is 3.41. The zero-order valence-corrected chi connectivity index (χ0v) is 10.4. The quantitative estimate of drug-likeness (QED) is 0.674. The van der Waals surface area contributed by atoms with Crippen LogP contribution in [0, 0.1) is 6.92 Å². The van der Waals surface area contributed by atoms with E-state index >= 15 is 0 Å². The molecule has 1 unspecified atom stereocenters. The predicted octanol–water partition coefficient (Wildman–Crippen LogP) is 4.53. The summed E-state index contributed by atoms with van der Waals surface area (Å²) < 4.78 is 0. The molecule has 2 heteroatoms. The fourth-order valence-electron chi connectivity index (χ4n) is 1.75. The average molecular weight is 211 g/mol. The molecule has 0 aliphatic carbocycles. The summed E-state index contributed by atoms with van der Waals surface area (Å²) in [6, 6.07) is 0. The smallest absolute Gasteiger partial charge is 0.0958 e. The van der Waals surface area contributed by atoms with E-state index in [0.717, 1.165) is 5.92 Å². The van der Waals surface area contributed by atoms with E-state index in [0.29, 0.717) is 0 Å². The van der Waals surface area contributed by atoms with Gasteiger partial charge in [0.25, 0.3) is 0 Å². The van der Waals surface area contributed by atoms with Crippen molar-refractivity contribution in [2.45, 2.75) is 58.8 Å². The Morgan fingerprint density at radius 3 is 2.57 bits per heavy atom. The van der Waals surface area contributed by atoms with E-state index in [9.17, 15) is 0 Å². The fourth-order valence-corrected chi connectivity index (χ4v) is 2.69. The van der Waals surface area contributed by atoms with Gasteiger partial charge in [-0.3, -0.25) is 0 Å². The van der Waals surface area contributed by atoms with Gasteiger partial charge in [-0.15, -0.1) is 11.3 Å². The minimum Gasteiger partial charge on any atom is -0.249 e. The van der Waals surface area contributed by atoms with Crippen LogP contribution in [-0.2, 0) is 0 Å². The van der Waals surface area contributed by atoms with Crippen molar-refractivity contribution in [1.82, 2.24) is 4.98 Å². The molecule has 0 saturated heterocycles. The molecular formula is C12H21NS. The van der Waals surface area contributed by atoms with Crippen molar-refractivity contribution >= 4 is 11.3 Å². The van der Waals surface area contributed by atoms with Crippen LogP contribution in [0.15, 0.2) is 6.20 Å². The highest BCUT2D eigenvalue weighted by atomic mass is 32.1. The largest absolute Gasteiger partial charge is 0.249 e. The molecule has 0 radical (unpaired) electrons. The fraction of sp³-hybridized carbons (Fsp3) is 0.750. The zero-order valence-electron chi connectivity index (χ0n) is 9.55. The SMILES string of the molecule is CCCCC(CCC)c1ncc(C)s1. The lowest BCUT2D eigenvalue weighted by molar-refractivity contribution is 0.539. The number of unbranched alkanes of at least 4 members (excludes halogenated alkanes) is 1. The lowest BCUT2D eigenvalue weighted by atomic mass is 9.98. The number of aryl methyl sites for hydroxylation is 1. The van der Waals surface area contributed by atoms with Crippen LogP contribution < -0.4 is 0 Å². The normalized spacial score (nSPS) is 13.1. The van der Waals surface area contributed by atoms with Crippen LogP contribution in [0.4, 0.5) is 0 Å². The number of thiazole rings is 1. The minimum absolute atomic E-state index is 0.721. The van der Waals surface area contributed by atoms with Crippen molar-refractivity contribution in [2.24, 2.45) is 0 Å².